The zero-order chi connectivity index (χ0) is 8.27. The van der Waals surface area contributed by atoms with Gasteiger partial charge in [-0.15, -0.1) is 0 Å². The molecule has 0 saturated carbocycles. The van der Waals surface area contributed by atoms with Gasteiger partial charge in [0.2, 0.25) is 0 Å². The highest BCUT2D eigenvalue weighted by Gasteiger charge is 2.01. The summed E-state index contributed by atoms with van der Waals surface area (Å²) in [6.07, 6.45) is 3.64. The second-order valence-electron chi connectivity index (χ2n) is 2.66. The van der Waals surface area contributed by atoms with Crippen LogP contribution in [0.25, 0.3) is 0 Å². The largest absolute Gasteiger partial charge is 0.334 e. The van der Waals surface area contributed by atoms with Crippen LogP contribution in [0.4, 0.5) is 0 Å². The Kier molecular flexibility index (Phi) is 2.27. The van der Waals surface area contributed by atoms with Gasteiger partial charge < -0.3 is 4.57 Å². The first-order valence-electron chi connectivity index (χ1n) is 3.61. The lowest BCUT2D eigenvalue weighted by Crippen LogP contribution is -2.06. The van der Waals surface area contributed by atoms with Crippen LogP contribution in [0.5, 0.6) is 0 Å². The molecule has 1 aromatic heterocycles. The van der Waals surface area contributed by atoms with E-state index in [0.717, 1.165) is 12.4 Å². The van der Waals surface area contributed by atoms with E-state index in [9.17, 15) is 0 Å². The summed E-state index contributed by atoms with van der Waals surface area (Å²) in [6, 6.07) is 2.18. The molecule has 0 saturated heterocycles. The van der Waals surface area contributed by atoms with Crippen LogP contribution in [0.3, 0.4) is 0 Å². The van der Waals surface area contributed by atoms with Gasteiger partial charge in [0.25, 0.3) is 0 Å². The van der Waals surface area contributed by atoms with Gasteiger partial charge in [-0.1, -0.05) is 0 Å². The van der Waals surface area contributed by atoms with Crippen molar-refractivity contribution >= 4 is 0 Å². The van der Waals surface area contributed by atoms with Crippen molar-refractivity contribution in [3.63, 3.8) is 0 Å². The van der Waals surface area contributed by atoms with E-state index < -0.39 is 0 Å². The van der Waals surface area contributed by atoms with Crippen molar-refractivity contribution in [2.75, 3.05) is 0 Å². The van der Waals surface area contributed by atoms with Crippen molar-refractivity contribution in [3.8, 4) is 6.07 Å². The lowest BCUT2D eigenvalue weighted by Gasteiger charge is -2.04. The van der Waals surface area contributed by atoms with E-state index in [2.05, 4.69) is 11.1 Å². The number of aryl methyl sites for hydroxylation is 1. The SMILES string of the molecule is Cc1nccn1CC(C)C#N. The molecular formula is C8H11N3. The van der Waals surface area contributed by atoms with Gasteiger partial charge in [-0.05, 0) is 13.8 Å². The number of nitriles is 1. The third-order valence-corrected chi connectivity index (χ3v) is 1.61. The Morgan fingerprint density at radius 1 is 1.82 bits per heavy atom. The summed E-state index contributed by atoms with van der Waals surface area (Å²) in [4.78, 5) is 4.06. The number of hydrogen-bond donors (Lipinski definition) is 0. The van der Waals surface area contributed by atoms with Crippen molar-refractivity contribution in [1.29, 1.82) is 5.26 Å². The van der Waals surface area contributed by atoms with E-state index in [1.807, 2.05) is 24.6 Å². The predicted octanol–water partition coefficient (Wildman–Crippen LogP) is 1.35. The van der Waals surface area contributed by atoms with E-state index >= 15 is 0 Å². The molecular weight excluding hydrogens is 138 g/mol. The fourth-order valence-electron chi connectivity index (χ4n) is 0.933. The maximum absolute atomic E-state index is 8.54. The second-order valence-corrected chi connectivity index (χ2v) is 2.66. The van der Waals surface area contributed by atoms with Gasteiger partial charge in [0.05, 0.1) is 12.0 Å². The summed E-state index contributed by atoms with van der Waals surface area (Å²) in [7, 11) is 0. The monoisotopic (exact) mass is 149 g/mol. The first-order chi connectivity index (χ1) is 5.24. The van der Waals surface area contributed by atoms with Crippen LogP contribution >= 0.6 is 0 Å². The summed E-state index contributed by atoms with van der Waals surface area (Å²) < 4.78 is 1.98. The Labute approximate surface area is 66.3 Å². The van der Waals surface area contributed by atoms with Crippen molar-refractivity contribution in [2.24, 2.45) is 5.92 Å². The van der Waals surface area contributed by atoms with Crippen molar-refractivity contribution in [2.45, 2.75) is 20.4 Å². The number of nitrogens with zero attached hydrogens (tertiary/aromatic N) is 3. The molecule has 0 N–H and O–H groups in total. The molecule has 0 fully saturated rings. The summed E-state index contributed by atoms with van der Waals surface area (Å²) in [6.45, 7) is 4.58. The lowest BCUT2D eigenvalue weighted by atomic mass is 10.2. The number of imidazole rings is 1. The first-order valence-corrected chi connectivity index (χ1v) is 3.61. The topological polar surface area (TPSA) is 41.6 Å². The van der Waals surface area contributed by atoms with E-state index in [4.69, 9.17) is 5.26 Å². The Hall–Kier alpha value is -1.30. The molecule has 0 bridgehead atoms. The molecule has 0 amide bonds. The van der Waals surface area contributed by atoms with Crippen LogP contribution in [-0.2, 0) is 6.54 Å². The van der Waals surface area contributed by atoms with Crippen molar-refractivity contribution < 1.29 is 0 Å². The Morgan fingerprint density at radius 3 is 3.00 bits per heavy atom. The molecule has 1 aromatic rings. The Balaban J connectivity index is 2.66. The highest BCUT2D eigenvalue weighted by molar-refractivity contribution is 4.91. The van der Waals surface area contributed by atoms with Crippen LogP contribution in [0.1, 0.15) is 12.7 Å². The third-order valence-electron chi connectivity index (χ3n) is 1.61. The molecule has 1 atom stereocenters. The Bertz CT molecular complexity index is 269. The molecule has 0 aliphatic carbocycles. The molecule has 1 heterocycles. The minimum atomic E-state index is 0.0582. The van der Waals surface area contributed by atoms with Crippen molar-refractivity contribution in [1.82, 2.24) is 9.55 Å². The average molecular weight is 149 g/mol. The summed E-state index contributed by atoms with van der Waals surface area (Å²) in [5.74, 6) is 1.02. The molecule has 0 aromatic carbocycles. The normalized spacial score (nSPS) is 12.5. The quantitative estimate of drug-likeness (QED) is 0.637. The van der Waals surface area contributed by atoms with Gasteiger partial charge in [-0.25, -0.2) is 4.98 Å². The fraction of sp³-hybridized carbons (Fsp3) is 0.500. The average Bonchev–Trinajstić information content (AvgIpc) is 2.37. The van der Waals surface area contributed by atoms with Gasteiger partial charge >= 0.3 is 0 Å². The Morgan fingerprint density at radius 2 is 2.55 bits per heavy atom. The second kappa shape index (κ2) is 3.20. The van der Waals surface area contributed by atoms with Gasteiger partial charge in [-0.2, -0.15) is 5.26 Å². The molecule has 3 nitrogen and oxygen atoms in total. The summed E-state index contributed by atoms with van der Waals surface area (Å²) in [5, 5.41) is 8.54. The van der Waals surface area contributed by atoms with E-state index in [1.54, 1.807) is 6.20 Å². The standard InChI is InChI=1S/C8H11N3/c1-7(5-9)6-11-4-3-10-8(11)2/h3-4,7H,6H2,1-2H3. The predicted molar refractivity (Wildman–Crippen MR) is 41.7 cm³/mol. The molecule has 3 heteroatoms. The zero-order valence-electron chi connectivity index (χ0n) is 6.78. The van der Waals surface area contributed by atoms with Gasteiger partial charge in [-0.3, -0.25) is 0 Å². The zero-order valence-corrected chi connectivity index (χ0v) is 6.78. The van der Waals surface area contributed by atoms with E-state index in [-0.39, 0.29) is 5.92 Å². The van der Waals surface area contributed by atoms with Crippen LogP contribution in [0.15, 0.2) is 12.4 Å². The third kappa shape index (κ3) is 1.81. The maximum atomic E-state index is 8.54. The first kappa shape index (κ1) is 7.80. The van der Waals surface area contributed by atoms with E-state index in [0.29, 0.717) is 0 Å². The molecule has 0 aliphatic rings. The maximum Gasteiger partial charge on any atom is 0.105 e. The smallest absolute Gasteiger partial charge is 0.105 e. The minimum Gasteiger partial charge on any atom is -0.334 e. The van der Waals surface area contributed by atoms with Crippen molar-refractivity contribution in [3.05, 3.63) is 18.2 Å². The number of hydrogen-bond acceptors (Lipinski definition) is 2. The molecule has 11 heavy (non-hydrogen) atoms. The van der Waals surface area contributed by atoms with Gasteiger partial charge in [0.15, 0.2) is 0 Å². The van der Waals surface area contributed by atoms with Crippen LogP contribution in [0, 0.1) is 24.2 Å². The molecule has 1 rings (SSSR count). The minimum absolute atomic E-state index is 0.0582. The van der Waals surface area contributed by atoms with Gasteiger partial charge in [0.1, 0.15) is 5.82 Å². The number of rotatable bonds is 2. The number of aromatic nitrogens is 2. The molecule has 0 aliphatic heterocycles. The molecule has 1 unspecified atom stereocenters. The van der Waals surface area contributed by atoms with Crippen LogP contribution in [-0.4, -0.2) is 9.55 Å². The highest BCUT2D eigenvalue weighted by Crippen LogP contribution is 2.01. The lowest BCUT2D eigenvalue weighted by molar-refractivity contribution is 0.567. The highest BCUT2D eigenvalue weighted by atomic mass is 15.0. The molecule has 0 spiro atoms. The summed E-state index contributed by atoms with van der Waals surface area (Å²) in [5.41, 5.74) is 0. The fourth-order valence-corrected chi connectivity index (χ4v) is 0.933. The summed E-state index contributed by atoms with van der Waals surface area (Å²) >= 11 is 0. The van der Waals surface area contributed by atoms with Crippen LogP contribution in [0.2, 0.25) is 0 Å². The molecule has 0 radical (unpaired) electrons. The molecule has 58 valence electrons. The van der Waals surface area contributed by atoms with Crippen LogP contribution < -0.4 is 0 Å². The van der Waals surface area contributed by atoms with Gasteiger partial charge in [0, 0.05) is 18.9 Å². The van der Waals surface area contributed by atoms with E-state index in [1.165, 1.54) is 0 Å².